The number of aliphatic hydroxyl groups excluding tert-OH is 1. The van der Waals surface area contributed by atoms with Gasteiger partial charge in [0.15, 0.2) is 5.37 Å². The van der Waals surface area contributed by atoms with Crippen LogP contribution in [-0.2, 0) is 35.8 Å². The Labute approximate surface area is 309 Å². The van der Waals surface area contributed by atoms with Crippen molar-refractivity contribution >= 4 is 39.7 Å². The number of carbonyl (C=O) groups excluding carboxylic acids is 3. The summed E-state index contributed by atoms with van der Waals surface area (Å²) in [5, 5.41) is 19.4. The SMILES string of the molecule is C=C(C)SC(NC(=O)C(Cc1ccccc1)NS(=O)(=O)N1CCOCC1)C(=O)NC(CC1CCCCC1)C(O)CC(C(=O)NCCCC)C(C)C. The molecule has 2 aliphatic rings. The smallest absolute Gasteiger partial charge is 0.280 e. The molecule has 1 heterocycles. The first-order valence-electron chi connectivity index (χ1n) is 18.6. The maximum Gasteiger partial charge on any atom is 0.280 e. The van der Waals surface area contributed by atoms with E-state index in [1.54, 1.807) is 6.92 Å². The highest BCUT2D eigenvalue weighted by atomic mass is 32.2. The van der Waals surface area contributed by atoms with Crippen LogP contribution in [0.25, 0.3) is 0 Å². The summed E-state index contributed by atoms with van der Waals surface area (Å²) in [5.74, 6) is -1.47. The Morgan fingerprint density at radius 1 is 1.02 bits per heavy atom. The molecule has 14 heteroatoms. The fraction of sp³-hybridized carbons (Fsp3) is 0.703. The number of hydrogen-bond acceptors (Lipinski definition) is 8. The topological polar surface area (TPSA) is 166 Å². The molecule has 1 aliphatic carbocycles. The van der Waals surface area contributed by atoms with Crippen molar-refractivity contribution in [1.82, 2.24) is 25.0 Å². The van der Waals surface area contributed by atoms with E-state index in [1.165, 1.54) is 4.31 Å². The molecule has 0 aromatic heterocycles. The van der Waals surface area contributed by atoms with Crippen LogP contribution in [0.15, 0.2) is 41.8 Å². The minimum atomic E-state index is -4.05. The molecule has 12 nitrogen and oxygen atoms in total. The van der Waals surface area contributed by atoms with Crippen molar-refractivity contribution in [3.05, 3.63) is 47.4 Å². The van der Waals surface area contributed by atoms with Gasteiger partial charge < -0.3 is 25.8 Å². The number of hydrogen-bond donors (Lipinski definition) is 5. The highest BCUT2D eigenvalue weighted by Crippen LogP contribution is 2.30. The molecule has 0 spiro atoms. The second-order valence-electron chi connectivity index (χ2n) is 14.2. The Morgan fingerprint density at radius 2 is 1.69 bits per heavy atom. The molecule has 51 heavy (non-hydrogen) atoms. The molecule has 1 aromatic carbocycles. The number of allylic oxidation sites excluding steroid dienone is 1. The van der Waals surface area contributed by atoms with E-state index in [0.717, 1.165) is 62.3 Å². The summed E-state index contributed by atoms with van der Waals surface area (Å²) in [5.41, 5.74) is 0.741. The fourth-order valence-corrected chi connectivity index (χ4v) is 8.72. The van der Waals surface area contributed by atoms with E-state index in [0.29, 0.717) is 23.8 Å². The first kappa shape index (κ1) is 42.9. The van der Waals surface area contributed by atoms with E-state index in [9.17, 15) is 27.9 Å². The minimum absolute atomic E-state index is 0.0268. The zero-order valence-corrected chi connectivity index (χ0v) is 32.5. The molecule has 1 saturated heterocycles. The van der Waals surface area contributed by atoms with Crippen LogP contribution in [0.3, 0.4) is 0 Å². The number of amides is 3. The lowest BCUT2D eigenvalue weighted by molar-refractivity contribution is -0.129. The predicted octanol–water partition coefficient (Wildman–Crippen LogP) is 3.87. The van der Waals surface area contributed by atoms with Gasteiger partial charge in [0, 0.05) is 25.6 Å². The summed E-state index contributed by atoms with van der Waals surface area (Å²) in [4.78, 5) is 41.7. The van der Waals surface area contributed by atoms with Gasteiger partial charge in [-0.25, -0.2) is 0 Å². The van der Waals surface area contributed by atoms with Gasteiger partial charge in [-0.2, -0.15) is 17.4 Å². The monoisotopic (exact) mass is 751 g/mol. The Hall–Kier alpha value is -2.49. The summed E-state index contributed by atoms with van der Waals surface area (Å²) in [7, 11) is -4.05. The van der Waals surface area contributed by atoms with Crippen molar-refractivity contribution in [2.24, 2.45) is 17.8 Å². The Kier molecular flexibility index (Phi) is 18.4. The molecule has 3 rings (SSSR count). The first-order chi connectivity index (χ1) is 24.3. The number of unbranched alkanes of at least 4 members (excludes halogenated alkanes) is 1. The van der Waals surface area contributed by atoms with E-state index < -0.39 is 51.5 Å². The fourth-order valence-electron chi connectivity index (χ4n) is 6.64. The zero-order chi connectivity index (χ0) is 37.4. The van der Waals surface area contributed by atoms with Crippen LogP contribution in [0.4, 0.5) is 0 Å². The lowest BCUT2D eigenvalue weighted by Gasteiger charge is -2.33. The van der Waals surface area contributed by atoms with Gasteiger partial charge in [0.1, 0.15) is 6.04 Å². The number of nitrogens with one attached hydrogen (secondary N) is 4. The Balaban J connectivity index is 1.83. The van der Waals surface area contributed by atoms with Crippen molar-refractivity contribution in [3.63, 3.8) is 0 Å². The normalized spacial score (nSPS) is 19.0. The molecule has 1 saturated carbocycles. The summed E-state index contributed by atoms with van der Waals surface area (Å²) < 4.78 is 35.9. The first-order valence-corrected chi connectivity index (χ1v) is 20.9. The minimum Gasteiger partial charge on any atom is -0.391 e. The maximum atomic E-state index is 14.1. The maximum absolute atomic E-state index is 14.1. The Morgan fingerprint density at radius 3 is 2.29 bits per heavy atom. The van der Waals surface area contributed by atoms with Crippen molar-refractivity contribution < 1.29 is 32.6 Å². The number of benzene rings is 1. The van der Waals surface area contributed by atoms with E-state index in [1.807, 2.05) is 44.2 Å². The number of thioether (sulfide) groups is 1. The molecule has 0 radical (unpaired) electrons. The lowest BCUT2D eigenvalue weighted by Crippen LogP contribution is -2.58. The molecule has 2 fully saturated rings. The van der Waals surface area contributed by atoms with Gasteiger partial charge in [-0.3, -0.25) is 14.4 Å². The van der Waals surface area contributed by atoms with Gasteiger partial charge in [0.05, 0.1) is 25.4 Å². The third-order valence-electron chi connectivity index (χ3n) is 9.60. The number of aliphatic hydroxyl groups is 1. The number of morpholine rings is 1. The standard InChI is InChI=1S/C37H61N5O7S2/c1-6-7-18-38-34(44)30(26(2)3)25-33(43)31(23-28-14-10-8-11-15-28)39-36(46)37(50-27(4)5)40-35(45)32(24-29-16-12-9-13-17-29)41-51(47,48)42-19-21-49-22-20-42/h9,12-13,16-17,26,28,30-33,37,41,43H,4,6-8,10-11,14-15,18-25H2,1-3,5H3,(H,38,44)(H,39,46)(H,40,45). The average molecular weight is 752 g/mol. The van der Waals surface area contributed by atoms with Gasteiger partial charge in [-0.05, 0) is 54.9 Å². The molecule has 288 valence electrons. The lowest BCUT2D eigenvalue weighted by atomic mass is 9.81. The van der Waals surface area contributed by atoms with Crippen LogP contribution in [0.5, 0.6) is 0 Å². The van der Waals surface area contributed by atoms with Crippen LogP contribution in [0.1, 0.15) is 91.0 Å². The average Bonchev–Trinajstić information content (AvgIpc) is 3.10. The number of nitrogens with zero attached hydrogens (tertiary/aromatic N) is 1. The molecule has 3 amide bonds. The summed E-state index contributed by atoms with van der Waals surface area (Å²) in [6.07, 6.45) is 6.93. The van der Waals surface area contributed by atoms with Gasteiger partial charge in [0.2, 0.25) is 11.8 Å². The summed E-state index contributed by atoms with van der Waals surface area (Å²) in [6.45, 7) is 13.0. The zero-order valence-electron chi connectivity index (χ0n) is 30.9. The third-order valence-corrected chi connectivity index (χ3v) is 12.2. The highest BCUT2D eigenvalue weighted by Gasteiger charge is 2.36. The van der Waals surface area contributed by atoms with Crippen molar-refractivity contribution in [3.8, 4) is 0 Å². The van der Waals surface area contributed by atoms with Crippen LogP contribution in [0, 0.1) is 17.8 Å². The van der Waals surface area contributed by atoms with Crippen molar-refractivity contribution in [2.75, 3.05) is 32.8 Å². The van der Waals surface area contributed by atoms with Crippen molar-refractivity contribution in [1.29, 1.82) is 0 Å². The second kappa shape index (κ2) is 21.9. The van der Waals surface area contributed by atoms with Crippen molar-refractivity contribution in [2.45, 2.75) is 115 Å². The van der Waals surface area contributed by atoms with Gasteiger partial charge in [-0.1, -0.05) is 108 Å². The molecule has 1 aliphatic heterocycles. The van der Waals surface area contributed by atoms with Crippen LogP contribution < -0.4 is 20.7 Å². The molecular weight excluding hydrogens is 691 g/mol. The molecule has 5 atom stereocenters. The van der Waals surface area contributed by atoms with E-state index in [4.69, 9.17) is 4.74 Å². The number of rotatable bonds is 21. The highest BCUT2D eigenvalue weighted by molar-refractivity contribution is 8.04. The quantitative estimate of drug-likeness (QED) is 0.0934. The second-order valence-corrected chi connectivity index (χ2v) is 17.3. The number of ether oxygens (including phenoxy) is 1. The largest absolute Gasteiger partial charge is 0.391 e. The molecule has 5 unspecified atom stereocenters. The van der Waals surface area contributed by atoms with E-state index in [2.05, 4.69) is 34.2 Å². The van der Waals surface area contributed by atoms with E-state index in [-0.39, 0.29) is 51.0 Å². The van der Waals surface area contributed by atoms with E-state index >= 15 is 0 Å². The third kappa shape index (κ3) is 14.8. The Bertz CT molecular complexity index is 1350. The predicted molar refractivity (Wildman–Crippen MR) is 203 cm³/mol. The molecule has 1 aromatic rings. The van der Waals surface area contributed by atoms with Gasteiger partial charge in [0.25, 0.3) is 16.1 Å². The van der Waals surface area contributed by atoms with Gasteiger partial charge >= 0.3 is 0 Å². The van der Waals surface area contributed by atoms with Crippen LogP contribution in [-0.4, -0.2) is 92.0 Å². The summed E-state index contributed by atoms with van der Waals surface area (Å²) >= 11 is 1.05. The summed E-state index contributed by atoms with van der Waals surface area (Å²) in [6, 6.07) is 7.19. The van der Waals surface area contributed by atoms with Crippen LogP contribution in [0.2, 0.25) is 0 Å². The van der Waals surface area contributed by atoms with Crippen LogP contribution >= 0.6 is 11.8 Å². The molecular formula is C37H61N5O7S2. The molecule has 5 N–H and O–H groups in total. The number of carbonyl (C=O) groups is 3. The molecule has 0 bridgehead atoms. The van der Waals surface area contributed by atoms with Gasteiger partial charge in [-0.15, -0.1) is 0 Å².